The zero-order valence-corrected chi connectivity index (χ0v) is 12.5. The molecule has 0 atom stereocenters. The molecular weight excluding hydrogens is 268 g/mol. The first-order valence-corrected chi connectivity index (χ1v) is 8.45. The van der Waals surface area contributed by atoms with Gasteiger partial charge < -0.3 is 5.73 Å². The van der Waals surface area contributed by atoms with E-state index >= 15 is 0 Å². The summed E-state index contributed by atoms with van der Waals surface area (Å²) in [6.45, 7) is 4.95. The van der Waals surface area contributed by atoms with Crippen molar-refractivity contribution in [3.63, 3.8) is 0 Å². The van der Waals surface area contributed by atoms with Gasteiger partial charge in [0.2, 0.25) is 10.0 Å². The minimum Gasteiger partial charge on any atom is -0.326 e. The predicted octanol–water partition coefficient (Wildman–Crippen LogP) is 1.98. The van der Waals surface area contributed by atoms with Crippen LogP contribution >= 0.6 is 11.3 Å². The third-order valence-electron chi connectivity index (χ3n) is 3.70. The summed E-state index contributed by atoms with van der Waals surface area (Å²) in [7, 11) is -3.37. The molecule has 1 saturated carbocycles. The van der Waals surface area contributed by atoms with Crippen LogP contribution < -0.4 is 10.5 Å². The molecule has 1 fully saturated rings. The molecule has 0 aliphatic heterocycles. The van der Waals surface area contributed by atoms with Crippen molar-refractivity contribution in [2.24, 2.45) is 11.1 Å². The molecule has 0 spiro atoms. The normalized spacial score (nSPS) is 18.6. The topological polar surface area (TPSA) is 72.2 Å². The van der Waals surface area contributed by atoms with E-state index in [1.54, 1.807) is 6.07 Å². The van der Waals surface area contributed by atoms with Gasteiger partial charge in [0.1, 0.15) is 4.21 Å². The Morgan fingerprint density at radius 3 is 2.61 bits per heavy atom. The van der Waals surface area contributed by atoms with Crippen LogP contribution in [0.3, 0.4) is 0 Å². The van der Waals surface area contributed by atoms with Gasteiger partial charge in [-0.25, -0.2) is 13.1 Å². The molecule has 0 radical (unpaired) electrons. The van der Waals surface area contributed by atoms with Gasteiger partial charge in [0.15, 0.2) is 0 Å². The minimum atomic E-state index is -3.37. The number of nitrogens with one attached hydrogen (secondary N) is 1. The lowest BCUT2D eigenvalue weighted by Gasteiger charge is -2.38. The lowest BCUT2D eigenvalue weighted by molar-refractivity contribution is 0.166. The van der Waals surface area contributed by atoms with Crippen molar-refractivity contribution in [2.45, 2.75) is 43.9 Å². The Hall–Kier alpha value is -0.430. The zero-order valence-electron chi connectivity index (χ0n) is 10.8. The highest BCUT2D eigenvalue weighted by Gasteiger charge is 2.33. The van der Waals surface area contributed by atoms with Crippen LogP contribution in [0.2, 0.25) is 0 Å². The predicted molar refractivity (Wildman–Crippen MR) is 74.1 cm³/mol. The Morgan fingerprint density at radius 2 is 2.17 bits per heavy atom. The van der Waals surface area contributed by atoms with Gasteiger partial charge in [-0.15, -0.1) is 11.3 Å². The summed E-state index contributed by atoms with van der Waals surface area (Å²) in [5.41, 5.74) is 6.68. The summed E-state index contributed by atoms with van der Waals surface area (Å²) in [5.74, 6) is 0. The molecule has 4 nitrogen and oxygen atoms in total. The molecule has 18 heavy (non-hydrogen) atoms. The van der Waals surface area contributed by atoms with Crippen LogP contribution in [0.15, 0.2) is 10.3 Å². The summed E-state index contributed by atoms with van der Waals surface area (Å²) >= 11 is 1.27. The Bertz CT molecular complexity index is 530. The van der Waals surface area contributed by atoms with Crippen molar-refractivity contribution in [3.8, 4) is 0 Å². The van der Waals surface area contributed by atoms with Gasteiger partial charge in [-0.3, -0.25) is 0 Å². The van der Waals surface area contributed by atoms with E-state index in [1.807, 2.05) is 6.92 Å². The highest BCUT2D eigenvalue weighted by molar-refractivity contribution is 7.91. The van der Waals surface area contributed by atoms with Gasteiger partial charge in [0.25, 0.3) is 0 Å². The molecule has 102 valence electrons. The van der Waals surface area contributed by atoms with Crippen molar-refractivity contribution in [1.82, 2.24) is 4.72 Å². The van der Waals surface area contributed by atoms with E-state index < -0.39 is 10.0 Å². The summed E-state index contributed by atoms with van der Waals surface area (Å²) in [6, 6.07) is 1.71. The summed E-state index contributed by atoms with van der Waals surface area (Å²) in [4.78, 5) is 0.935. The molecule has 6 heteroatoms. The van der Waals surface area contributed by atoms with Gasteiger partial charge in [-0.2, -0.15) is 0 Å². The standard InChI is InChI=1S/C12H20N2O2S2/c1-9-6-11(17-10(9)7-13)18(15,16)14-8-12(2)4-3-5-12/h6,14H,3-5,7-8,13H2,1-2H3. The quantitative estimate of drug-likeness (QED) is 0.870. The van der Waals surface area contributed by atoms with Crippen LogP contribution in [0.1, 0.15) is 36.6 Å². The fraction of sp³-hybridized carbons (Fsp3) is 0.667. The molecule has 1 aliphatic rings. The number of hydrogen-bond acceptors (Lipinski definition) is 4. The van der Waals surface area contributed by atoms with Crippen LogP contribution in [0.5, 0.6) is 0 Å². The first-order chi connectivity index (χ1) is 8.36. The molecular formula is C12H20N2O2S2. The molecule has 0 amide bonds. The maximum atomic E-state index is 12.2. The maximum absolute atomic E-state index is 12.2. The Morgan fingerprint density at radius 1 is 1.50 bits per heavy atom. The second-order valence-corrected chi connectivity index (χ2v) is 8.50. The second-order valence-electron chi connectivity index (χ2n) is 5.36. The van der Waals surface area contributed by atoms with Crippen LogP contribution in [0.4, 0.5) is 0 Å². The van der Waals surface area contributed by atoms with Crippen molar-refractivity contribution < 1.29 is 8.42 Å². The third-order valence-corrected chi connectivity index (χ3v) is 6.83. The number of hydrogen-bond donors (Lipinski definition) is 2. The van der Waals surface area contributed by atoms with Crippen LogP contribution in [-0.4, -0.2) is 15.0 Å². The lowest BCUT2D eigenvalue weighted by atomic mass is 9.71. The first kappa shape index (κ1) is 14.0. The largest absolute Gasteiger partial charge is 0.326 e. The molecule has 1 aliphatic carbocycles. The monoisotopic (exact) mass is 288 g/mol. The Balaban J connectivity index is 2.09. The highest BCUT2D eigenvalue weighted by Crippen LogP contribution is 2.39. The average Bonchev–Trinajstić information content (AvgIpc) is 2.66. The molecule has 3 N–H and O–H groups in total. The van der Waals surface area contributed by atoms with Crippen molar-refractivity contribution >= 4 is 21.4 Å². The average molecular weight is 288 g/mol. The minimum absolute atomic E-state index is 0.149. The lowest BCUT2D eigenvalue weighted by Crippen LogP contribution is -2.39. The fourth-order valence-electron chi connectivity index (χ4n) is 2.12. The van der Waals surface area contributed by atoms with Gasteiger partial charge >= 0.3 is 0 Å². The maximum Gasteiger partial charge on any atom is 0.250 e. The number of nitrogens with two attached hydrogens (primary N) is 1. The van der Waals surface area contributed by atoms with Crippen LogP contribution in [0.25, 0.3) is 0 Å². The first-order valence-electron chi connectivity index (χ1n) is 6.15. The summed E-state index contributed by atoms with van der Waals surface area (Å²) in [5, 5.41) is 0. The molecule has 0 aromatic carbocycles. The van der Waals surface area contributed by atoms with E-state index in [-0.39, 0.29) is 5.41 Å². The zero-order chi connectivity index (χ0) is 13.4. The molecule has 1 aromatic heterocycles. The number of sulfonamides is 1. The molecule has 1 heterocycles. The van der Waals surface area contributed by atoms with Crippen LogP contribution in [0, 0.1) is 12.3 Å². The van der Waals surface area contributed by atoms with E-state index in [0.29, 0.717) is 17.3 Å². The van der Waals surface area contributed by atoms with Gasteiger partial charge in [-0.05, 0) is 36.8 Å². The van der Waals surface area contributed by atoms with Gasteiger partial charge in [0, 0.05) is 18.0 Å². The fourth-order valence-corrected chi connectivity index (χ4v) is 4.83. The Kier molecular flexibility index (Phi) is 3.82. The SMILES string of the molecule is Cc1cc(S(=O)(=O)NCC2(C)CCC2)sc1CN. The molecule has 0 unspecified atom stereocenters. The summed E-state index contributed by atoms with van der Waals surface area (Å²) < 4.78 is 27.4. The summed E-state index contributed by atoms with van der Waals surface area (Å²) in [6.07, 6.45) is 3.41. The van der Waals surface area contributed by atoms with E-state index in [2.05, 4.69) is 11.6 Å². The van der Waals surface area contributed by atoms with Gasteiger partial charge in [-0.1, -0.05) is 13.3 Å². The molecule has 0 bridgehead atoms. The van der Waals surface area contributed by atoms with Crippen molar-refractivity contribution in [1.29, 1.82) is 0 Å². The van der Waals surface area contributed by atoms with E-state index in [1.165, 1.54) is 17.8 Å². The van der Waals surface area contributed by atoms with Crippen LogP contribution in [-0.2, 0) is 16.6 Å². The second kappa shape index (κ2) is 4.92. The number of thiophene rings is 1. The van der Waals surface area contributed by atoms with E-state index in [0.717, 1.165) is 23.3 Å². The molecule has 1 aromatic rings. The molecule has 2 rings (SSSR count). The number of aryl methyl sites for hydroxylation is 1. The molecule has 0 saturated heterocycles. The highest BCUT2D eigenvalue weighted by atomic mass is 32.2. The van der Waals surface area contributed by atoms with Crippen molar-refractivity contribution in [2.75, 3.05) is 6.54 Å². The van der Waals surface area contributed by atoms with E-state index in [4.69, 9.17) is 5.73 Å². The van der Waals surface area contributed by atoms with Crippen molar-refractivity contribution in [3.05, 3.63) is 16.5 Å². The Labute approximate surface area is 113 Å². The number of rotatable bonds is 5. The smallest absolute Gasteiger partial charge is 0.250 e. The van der Waals surface area contributed by atoms with Gasteiger partial charge in [0.05, 0.1) is 0 Å². The third kappa shape index (κ3) is 2.77. The van der Waals surface area contributed by atoms with E-state index in [9.17, 15) is 8.42 Å².